The van der Waals surface area contributed by atoms with Crippen LogP contribution in [0.25, 0.3) is 0 Å². The average molecular weight is 355 g/mol. The molecule has 0 aromatic carbocycles. The van der Waals surface area contributed by atoms with Crippen LogP contribution >= 0.6 is 0 Å². The first-order valence-electron chi connectivity index (χ1n) is 9.36. The van der Waals surface area contributed by atoms with E-state index in [9.17, 15) is 4.79 Å². The van der Waals surface area contributed by atoms with Gasteiger partial charge in [-0.05, 0) is 50.8 Å². The number of methoxy groups -OCH3 is 1. The van der Waals surface area contributed by atoms with Gasteiger partial charge in [-0.1, -0.05) is 0 Å². The van der Waals surface area contributed by atoms with Crippen molar-refractivity contribution >= 4 is 0 Å². The van der Waals surface area contributed by atoms with E-state index in [0.717, 1.165) is 50.4 Å². The summed E-state index contributed by atoms with van der Waals surface area (Å²) in [7, 11) is 1.58. The molecular formula is C19H25N5O2. The van der Waals surface area contributed by atoms with E-state index in [1.54, 1.807) is 30.3 Å². The molecule has 0 N–H and O–H groups in total. The Morgan fingerprint density at radius 3 is 2.69 bits per heavy atom. The Labute approximate surface area is 153 Å². The van der Waals surface area contributed by atoms with Crippen LogP contribution in [0.1, 0.15) is 43.0 Å². The van der Waals surface area contributed by atoms with E-state index in [1.165, 1.54) is 12.8 Å². The standard InChI is InChI=1S/C19H25N5O2/c1-26-19-20-7-4-16(22-19)12-23-8-5-14(6-9-23)11-24-13-21-17(10-18(24)25)15-2-3-15/h4,7,10,13-15H,2-3,5-6,8-9,11-12H2,1H3. The van der Waals surface area contributed by atoms with Gasteiger partial charge in [0.25, 0.3) is 5.56 Å². The molecule has 2 aromatic heterocycles. The van der Waals surface area contributed by atoms with Crippen LogP contribution in [-0.2, 0) is 13.1 Å². The van der Waals surface area contributed by atoms with Gasteiger partial charge >= 0.3 is 6.01 Å². The van der Waals surface area contributed by atoms with Crippen LogP contribution < -0.4 is 10.3 Å². The molecule has 1 aliphatic heterocycles. The zero-order chi connectivity index (χ0) is 17.9. The molecule has 138 valence electrons. The molecule has 1 aliphatic carbocycles. The molecule has 0 bridgehead atoms. The Hall–Kier alpha value is -2.28. The summed E-state index contributed by atoms with van der Waals surface area (Å²) in [5.74, 6) is 1.05. The van der Waals surface area contributed by atoms with Gasteiger partial charge in [0, 0.05) is 31.3 Å². The molecule has 0 amide bonds. The molecule has 2 aromatic rings. The van der Waals surface area contributed by atoms with Crippen molar-refractivity contribution in [1.82, 2.24) is 24.4 Å². The Kier molecular flexibility index (Phi) is 4.97. The van der Waals surface area contributed by atoms with Crippen molar-refractivity contribution in [3.05, 3.63) is 46.4 Å². The lowest BCUT2D eigenvalue weighted by Crippen LogP contribution is -2.36. The molecule has 0 radical (unpaired) electrons. The fraction of sp³-hybridized carbons (Fsp3) is 0.579. The first kappa shape index (κ1) is 17.1. The van der Waals surface area contributed by atoms with Gasteiger partial charge in [-0.25, -0.2) is 9.97 Å². The summed E-state index contributed by atoms with van der Waals surface area (Å²) in [4.78, 5) is 27.6. The minimum absolute atomic E-state index is 0.0948. The van der Waals surface area contributed by atoms with Crippen LogP contribution in [0.3, 0.4) is 0 Å². The lowest BCUT2D eigenvalue weighted by molar-refractivity contribution is 0.164. The maximum atomic E-state index is 12.3. The van der Waals surface area contributed by atoms with Crippen LogP contribution in [0.2, 0.25) is 0 Å². The highest BCUT2D eigenvalue weighted by atomic mass is 16.5. The highest BCUT2D eigenvalue weighted by molar-refractivity contribution is 5.12. The third-order valence-electron chi connectivity index (χ3n) is 5.32. The van der Waals surface area contributed by atoms with Crippen LogP contribution in [0.5, 0.6) is 6.01 Å². The second kappa shape index (κ2) is 7.53. The molecular weight excluding hydrogens is 330 g/mol. The topological polar surface area (TPSA) is 73.1 Å². The third-order valence-corrected chi connectivity index (χ3v) is 5.32. The second-order valence-electron chi connectivity index (χ2n) is 7.33. The van der Waals surface area contributed by atoms with Gasteiger partial charge in [-0.2, -0.15) is 4.98 Å². The van der Waals surface area contributed by atoms with Crippen molar-refractivity contribution in [2.75, 3.05) is 20.2 Å². The molecule has 0 unspecified atom stereocenters. The van der Waals surface area contributed by atoms with Crippen molar-refractivity contribution in [1.29, 1.82) is 0 Å². The summed E-state index contributed by atoms with van der Waals surface area (Å²) in [5.41, 5.74) is 2.05. The second-order valence-corrected chi connectivity index (χ2v) is 7.33. The molecule has 7 nitrogen and oxygen atoms in total. The van der Waals surface area contributed by atoms with Crippen molar-refractivity contribution < 1.29 is 4.74 Å². The SMILES string of the molecule is COc1nccc(CN2CCC(Cn3cnc(C4CC4)cc3=O)CC2)n1. The van der Waals surface area contributed by atoms with Gasteiger partial charge in [0.1, 0.15) is 0 Å². The maximum absolute atomic E-state index is 12.3. The smallest absolute Gasteiger partial charge is 0.316 e. The number of hydrogen-bond donors (Lipinski definition) is 0. The van der Waals surface area contributed by atoms with Crippen LogP contribution in [0, 0.1) is 5.92 Å². The fourth-order valence-corrected chi connectivity index (χ4v) is 3.58. The predicted molar refractivity (Wildman–Crippen MR) is 97.1 cm³/mol. The summed E-state index contributed by atoms with van der Waals surface area (Å²) >= 11 is 0. The molecule has 0 atom stereocenters. The molecule has 7 heteroatoms. The lowest BCUT2D eigenvalue weighted by Gasteiger charge is -2.31. The van der Waals surface area contributed by atoms with E-state index < -0.39 is 0 Å². The fourth-order valence-electron chi connectivity index (χ4n) is 3.58. The van der Waals surface area contributed by atoms with E-state index in [0.29, 0.717) is 17.8 Å². The normalized spacial score (nSPS) is 18.8. The number of ether oxygens (including phenoxy) is 1. The van der Waals surface area contributed by atoms with Crippen molar-refractivity contribution in [3.8, 4) is 6.01 Å². The van der Waals surface area contributed by atoms with E-state index in [2.05, 4.69) is 19.9 Å². The molecule has 1 saturated carbocycles. The van der Waals surface area contributed by atoms with Crippen LogP contribution in [-0.4, -0.2) is 44.6 Å². The Morgan fingerprint density at radius 1 is 1.19 bits per heavy atom. The van der Waals surface area contributed by atoms with Crippen LogP contribution in [0.4, 0.5) is 0 Å². The Morgan fingerprint density at radius 2 is 2.00 bits per heavy atom. The highest BCUT2D eigenvalue weighted by Gasteiger charge is 2.26. The monoisotopic (exact) mass is 355 g/mol. The van der Waals surface area contributed by atoms with E-state index in [1.807, 2.05) is 6.07 Å². The number of piperidine rings is 1. The third kappa shape index (κ3) is 4.09. The van der Waals surface area contributed by atoms with Gasteiger partial charge in [-0.15, -0.1) is 0 Å². The summed E-state index contributed by atoms with van der Waals surface area (Å²) in [6.07, 6.45) is 7.99. The maximum Gasteiger partial charge on any atom is 0.316 e. The quantitative estimate of drug-likeness (QED) is 0.787. The summed E-state index contributed by atoms with van der Waals surface area (Å²) in [6.45, 7) is 3.60. The minimum Gasteiger partial charge on any atom is -0.467 e. The van der Waals surface area contributed by atoms with E-state index in [4.69, 9.17) is 4.74 Å². The summed E-state index contributed by atoms with van der Waals surface area (Å²) < 4.78 is 6.87. The molecule has 3 heterocycles. The van der Waals surface area contributed by atoms with E-state index >= 15 is 0 Å². The molecule has 1 saturated heterocycles. The molecule has 2 aliphatic rings. The Bertz CT molecular complexity index is 810. The van der Waals surface area contributed by atoms with Gasteiger partial charge in [0.15, 0.2) is 0 Å². The number of nitrogens with zero attached hydrogens (tertiary/aromatic N) is 5. The number of hydrogen-bond acceptors (Lipinski definition) is 6. The van der Waals surface area contributed by atoms with Gasteiger partial charge in [-0.3, -0.25) is 14.3 Å². The summed E-state index contributed by atoms with van der Waals surface area (Å²) in [6, 6.07) is 4.08. The van der Waals surface area contributed by atoms with Crippen molar-refractivity contribution in [2.24, 2.45) is 5.92 Å². The zero-order valence-corrected chi connectivity index (χ0v) is 15.2. The Balaban J connectivity index is 1.30. The highest BCUT2D eigenvalue weighted by Crippen LogP contribution is 2.38. The first-order valence-corrected chi connectivity index (χ1v) is 9.36. The largest absolute Gasteiger partial charge is 0.467 e. The van der Waals surface area contributed by atoms with Crippen molar-refractivity contribution in [3.63, 3.8) is 0 Å². The van der Waals surface area contributed by atoms with Crippen LogP contribution in [0.15, 0.2) is 29.5 Å². The number of likely N-dealkylation sites (tertiary alicyclic amines) is 1. The molecule has 26 heavy (non-hydrogen) atoms. The van der Waals surface area contributed by atoms with E-state index in [-0.39, 0.29) is 5.56 Å². The predicted octanol–water partition coefficient (Wildman–Crippen LogP) is 1.83. The number of rotatable bonds is 6. The molecule has 2 fully saturated rings. The van der Waals surface area contributed by atoms with Gasteiger partial charge in [0.2, 0.25) is 0 Å². The van der Waals surface area contributed by atoms with Crippen molar-refractivity contribution in [2.45, 2.75) is 44.7 Å². The average Bonchev–Trinajstić information content (AvgIpc) is 3.50. The molecule has 4 rings (SSSR count). The minimum atomic E-state index is 0.0948. The summed E-state index contributed by atoms with van der Waals surface area (Å²) in [5, 5.41) is 0. The lowest BCUT2D eigenvalue weighted by atomic mass is 9.96. The zero-order valence-electron chi connectivity index (χ0n) is 15.2. The molecule has 0 spiro atoms. The van der Waals surface area contributed by atoms with Gasteiger partial charge < -0.3 is 4.74 Å². The first-order chi connectivity index (χ1) is 12.7. The number of aromatic nitrogens is 4. The van der Waals surface area contributed by atoms with Gasteiger partial charge in [0.05, 0.1) is 24.8 Å².